The normalized spacial score (nSPS) is 18.4. The summed E-state index contributed by atoms with van der Waals surface area (Å²) in [6.45, 7) is 7.96. The molecular weight excluding hydrogens is 352 g/mol. The average Bonchev–Trinajstić information content (AvgIpc) is 2.60. The van der Waals surface area contributed by atoms with Crippen LogP contribution in [-0.4, -0.2) is 64.8 Å². The van der Waals surface area contributed by atoms with E-state index in [1.54, 1.807) is 32.6 Å². The fraction of sp³-hybridized carbons (Fsp3) is 0.667. The van der Waals surface area contributed by atoms with Gasteiger partial charge in [0.2, 0.25) is 5.91 Å². The Morgan fingerprint density at radius 3 is 2.56 bits per heavy atom. The van der Waals surface area contributed by atoms with E-state index in [1.807, 2.05) is 0 Å². The van der Waals surface area contributed by atoms with Gasteiger partial charge in [-0.2, -0.15) is 0 Å². The van der Waals surface area contributed by atoms with E-state index in [-0.39, 0.29) is 12.0 Å². The number of alkyl carbamates (subject to hydrolysis) is 1. The molecule has 1 aliphatic heterocycles. The second kappa shape index (κ2) is 8.88. The zero-order valence-electron chi connectivity index (χ0n) is 16.5. The Balaban J connectivity index is 1.92. The number of nitrogens with zero attached hydrogens (tertiary/aromatic N) is 3. The summed E-state index contributed by atoms with van der Waals surface area (Å²) in [5, 5.41) is 2.58. The van der Waals surface area contributed by atoms with Crippen LogP contribution in [0.25, 0.3) is 0 Å². The number of aromatic nitrogens is 2. The molecule has 1 aromatic rings. The van der Waals surface area contributed by atoms with Gasteiger partial charge in [-0.25, -0.2) is 14.8 Å². The molecule has 9 nitrogen and oxygen atoms in total. The van der Waals surface area contributed by atoms with Crippen LogP contribution in [0.1, 0.15) is 40.5 Å². The second-order valence-electron chi connectivity index (χ2n) is 7.41. The maximum absolute atomic E-state index is 12.7. The molecule has 2 amide bonds. The molecule has 2 rings (SSSR count). The molecule has 1 saturated heterocycles. The molecule has 0 saturated carbocycles. The number of methoxy groups -OCH3 is 1. The molecule has 2 heterocycles. The number of amides is 2. The van der Waals surface area contributed by atoms with E-state index in [4.69, 9.17) is 14.2 Å². The summed E-state index contributed by atoms with van der Waals surface area (Å²) in [6.07, 6.45) is 3.79. The lowest BCUT2D eigenvalue weighted by atomic mass is 10.1. The molecule has 0 bridgehead atoms. The largest absolute Gasteiger partial charge is 0.477 e. The minimum Gasteiger partial charge on any atom is -0.477 e. The monoisotopic (exact) mass is 380 g/mol. The Bertz CT molecular complexity index is 661. The average molecular weight is 380 g/mol. The van der Waals surface area contributed by atoms with Gasteiger partial charge in [-0.1, -0.05) is 0 Å². The number of hydrogen-bond acceptors (Lipinski definition) is 7. The lowest BCUT2D eigenvalue weighted by molar-refractivity contribution is -0.135. The molecule has 150 valence electrons. The summed E-state index contributed by atoms with van der Waals surface area (Å²) in [5.74, 6) is 0.431. The number of rotatable bonds is 5. The zero-order chi connectivity index (χ0) is 20.0. The number of carbonyl (C=O) groups excluding carboxylic acids is 2. The molecule has 0 aromatic carbocycles. The minimum atomic E-state index is -0.690. The molecule has 1 aromatic heterocycles. The number of hydrogen-bond donors (Lipinski definition) is 1. The van der Waals surface area contributed by atoms with Gasteiger partial charge in [-0.3, -0.25) is 4.79 Å². The van der Waals surface area contributed by atoms with Crippen LogP contribution < -0.4 is 14.8 Å². The molecule has 1 fully saturated rings. The Hall–Kier alpha value is -2.58. The van der Waals surface area contributed by atoms with Crippen molar-refractivity contribution in [2.24, 2.45) is 0 Å². The number of ether oxygens (including phenoxy) is 3. The van der Waals surface area contributed by atoms with Crippen LogP contribution in [0.5, 0.6) is 11.8 Å². The van der Waals surface area contributed by atoms with Gasteiger partial charge in [0, 0.05) is 18.9 Å². The van der Waals surface area contributed by atoms with E-state index in [1.165, 1.54) is 19.5 Å². The lowest BCUT2D eigenvalue weighted by Gasteiger charge is -2.34. The Kier molecular flexibility index (Phi) is 6.81. The fourth-order valence-electron chi connectivity index (χ4n) is 2.75. The molecule has 27 heavy (non-hydrogen) atoms. The molecule has 0 radical (unpaired) electrons. The predicted molar refractivity (Wildman–Crippen MR) is 97.6 cm³/mol. The van der Waals surface area contributed by atoms with E-state index in [0.29, 0.717) is 24.8 Å². The van der Waals surface area contributed by atoms with Crippen molar-refractivity contribution in [3.63, 3.8) is 0 Å². The third kappa shape index (κ3) is 6.26. The summed E-state index contributed by atoms with van der Waals surface area (Å²) >= 11 is 0. The molecule has 9 heteroatoms. The van der Waals surface area contributed by atoms with Crippen LogP contribution in [0.4, 0.5) is 4.79 Å². The molecule has 0 aliphatic carbocycles. The van der Waals surface area contributed by atoms with Crippen molar-refractivity contribution < 1.29 is 23.8 Å². The number of carbonyl (C=O) groups is 2. The van der Waals surface area contributed by atoms with Gasteiger partial charge < -0.3 is 24.4 Å². The first kappa shape index (κ1) is 20.7. The van der Waals surface area contributed by atoms with Crippen LogP contribution in [-0.2, 0) is 9.53 Å². The predicted octanol–water partition coefficient (Wildman–Crippen LogP) is 1.77. The Morgan fingerprint density at radius 1 is 1.26 bits per heavy atom. The highest BCUT2D eigenvalue weighted by molar-refractivity contribution is 5.85. The van der Waals surface area contributed by atoms with Gasteiger partial charge >= 0.3 is 6.09 Å². The maximum Gasteiger partial charge on any atom is 0.408 e. The van der Waals surface area contributed by atoms with Gasteiger partial charge in [-0.15, -0.1) is 0 Å². The van der Waals surface area contributed by atoms with Gasteiger partial charge in [0.15, 0.2) is 0 Å². The van der Waals surface area contributed by atoms with Crippen molar-refractivity contribution >= 4 is 12.0 Å². The third-order valence-electron chi connectivity index (χ3n) is 3.90. The standard InChI is InChI=1S/C18H28N4O5/c1-12(21-17(24)27-18(2,3)4)16(23)22-10-6-7-13(11-22)26-15-14(25-5)19-8-9-20-15/h8-9,12-13H,6-7,10-11H2,1-5H3,(H,21,24). The highest BCUT2D eigenvalue weighted by atomic mass is 16.6. The molecular formula is C18H28N4O5. The Morgan fingerprint density at radius 2 is 1.93 bits per heavy atom. The summed E-state index contributed by atoms with van der Waals surface area (Å²) in [7, 11) is 1.50. The first-order valence-electron chi connectivity index (χ1n) is 8.99. The van der Waals surface area contributed by atoms with Crippen LogP contribution in [0.3, 0.4) is 0 Å². The van der Waals surface area contributed by atoms with E-state index in [0.717, 1.165) is 12.8 Å². The van der Waals surface area contributed by atoms with Crippen molar-refractivity contribution in [1.82, 2.24) is 20.2 Å². The van der Waals surface area contributed by atoms with Crippen molar-refractivity contribution in [2.45, 2.75) is 58.3 Å². The SMILES string of the molecule is COc1nccnc1OC1CCCN(C(=O)C(C)NC(=O)OC(C)(C)C)C1. The summed E-state index contributed by atoms with van der Waals surface area (Å²) < 4.78 is 16.2. The number of piperidine rings is 1. The zero-order valence-corrected chi connectivity index (χ0v) is 16.5. The van der Waals surface area contributed by atoms with E-state index >= 15 is 0 Å². The van der Waals surface area contributed by atoms with Gasteiger partial charge in [0.25, 0.3) is 11.8 Å². The summed E-state index contributed by atoms with van der Waals surface area (Å²) in [6, 6.07) is -0.690. The highest BCUT2D eigenvalue weighted by Crippen LogP contribution is 2.24. The molecule has 1 N–H and O–H groups in total. The maximum atomic E-state index is 12.7. The molecule has 2 atom stereocenters. The van der Waals surface area contributed by atoms with Gasteiger partial charge in [0.05, 0.1) is 13.7 Å². The summed E-state index contributed by atoms with van der Waals surface area (Å²) in [5.41, 5.74) is -0.618. The number of likely N-dealkylation sites (tertiary alicyclic amines) is 1. The smallest absolute Gasteiger partial charge is 0.408 e. The molecule has 2 unspecified atom stereocenters. The first-order chi connectivity index (χ1) is 12.7. The topological polar surface area (TPSA) is 103 Å². The quantitative estimate of drug-likeness (QED) is 0.830. The minimum absolute atomic E-state index is 0.180. The first-order valence-corrected chi connectivity index (χ1v) is 8.99. The lowest BCUT2D eigenvalue weighted by Crippen LogP contribution is -2.52. The van der Waals surface area contributed by atoms with Gasteiger partial charge in [0.1, 0.15) is 17.7 Å². The van der Waals surface area contributed by atoms with Crippen LogP contribution >= 0.6 is 0 Å². The van der Waals surface area contributed by atoms with Crippen molar-refractivity contribution in [2.75, 3.05) is 20.2 Å². The van der Waals surface area contributed by atoms with Crippen molar-refractivity contribution in [1.29, 1.82) is 0 Å². The van der Waals surface area contributed by atoms with Crippen LogP contribution in [0, 0.1) is 0 Å². The van der Waals surface area contributed by atoms with Gasteiger partial charge in [-0.05, 0) is 40.5 Å². The van der Waals surface area contributed by atoms with E-state index < -0.39 is 17.7 Å². The third-order valence-corrected chi connectivity index (χ3v) is 3.90. The van der Waals surface area contributed by atoms with Crippen molar-refractivity contribution in [3.05, 3.63) is 12.4 Å². The molecule has 0 spiro atoms. The highest BCUT2D eigenvalue weighted by Gasteiger charge is 2.30. The Labute approximate surface area is 159 Å². The number of nitrogens with one attached hydrogen (secondary N) is 1. The second-order valence-corrected chi connectivity index (χ2v) is 7.41. The van der Waals surface area contributed by atoms with E-state index in [2.05, 4.69) is 15.3 Å². The summed E-state index contributed by atoms with van der Waals surface area (Å²) in [4.78, 5) is 34.4. The van der Waals surface area contributed by atoms with Crippen LogP contribution in [0.15, 0.2) is 12.4 Å². The van der Waals surface area contributed by atoms with E-state index in [9.17, 15) is 9.59 Å². The van der Waals surface area contributed by atoms with Crippen molar-refractivity contribution in [3.8, 4) is 11.8 Å². The fourth-order valence-corrected chi connectivity index (χ4v) is 2.75. The molecule has 1 aliphatic rings. The van der Waals surface area contributed by atoms with Crippen LogP contribution in [0.2, 0.25) is 0 Å².